The Labute approximate surface area is 82.4 Å². The fourth-order valence-corrected chi connectivity index (χ4v) is 0.815. The SMILES string of the molecule is O=[N+]([O-])c1cnc(Cl)nc1N=C=S. The first kappa shape index (κ1) is 9.66. The van der Waals surface area contributed by atoms with Crippen LogP contribution in [0, 0.1) is 10.1 Å². The molecule has 1 rings (SSSR count). The minimum Gasteiger partial charge on any atom is -0.258 e. The van der Waals surface area contributed by atoms with E-state index in [1.807, 2.05) is 5.16 Å². The molecule has 0 aliphatic rings. The monoisotopic (exact) mass is 216 g/mol. The van der Waals surface area contributed by atoms with Crippen molar-refractivity contribution in [2.24, 2.45) is 4.99 Å². The standard InChI is InChI=1S/C5HClN4O2S/c6-5-7-1-3(10(11)12)4(9-5)8-2-13/h1H. The van der Waals surface area contributed by atoms with Gasteiger partial charge in [-0.25, -0.2) is 4.98 Å². The van der Waals surface area contributed by atoms with E-state index in [2.05, 4.69) is 27.2 Å². The van der Waals surface area contributed by atoms with Gasteiger partial charge in [-0.15, -0.1) is 0 Å². The third kappa shape index (κ3) is 2.25. The second-order valence-corrected chi connectivity index (χ2v) is 2.33. The van der Waals surface area contributed by atoms with Crippen LogP contribution >= 0.6 is 23.8 Å². The highest BCUT2D eigenvalue weighted by Crippen LogP contribution is 2.23. The number of aromatic nitrogens is 2. The Hall–Kier alpha value is -1.43. The Morgan fingerprint density at radius 1 is 1.77 bits per heavy atom. The predicted molar refractivity (Wildman–Crippen MR) is 48.4 cm³/mol. The Bertz CT molecular complexity index is 404. The highest BCUT2D eigenvalue weighted by atomic mass is 35.5. The van der Waals surface area contributed by atoms with E-state index in [1.54, 1.807) is 0 Å². The van der Waals surface area contributed by atoms with E-state index in [9.17, 15) is 10.1 Å². The molecule has 0 saturated heterocycles. The molecule has 1 aromatic rings. The number of nitrogens with zero attached hydrogens (tertiary/aromatic N) is 4. The van der Waals surface area contributed by atoms with E-state index in [1.165, 1.54) is 0 Å². The molecule has 66 valence electrons. The first-order valence-electron chi connectivity index (χ1n) is 2.90. The molecule has 0 spiro atoms. The molecular weight excluding hydrogens is 216 g/mol. The summed E-state index contributed by atoms with van der Waals surface area (Å²) in [6.45, 7) is 0. The van der Waals surface area contributed by atoms with Crippen molar-refractivity contribution in [3.63, 3.8) is 0 Å². The van der Waals surface area contributed by atoms with Crippen LogP contribution in [-0.4, -0.2) is 20.1 Å². The molecule has 13 heavy (non-hydrogen) atoms. The summed E-state index contributed by atoms with van der Waals surface area (Å²) in [5.41, 5.74) is -0.359. The fraction of sp³-hybridized carbons (Fsp3) is 0. The largest absolute Gasteiger partial charge is 0.332 e. The minimum atomic E-state index is -0.679. The van der Waals surface area contributed by atoms with E-state index < -0.39 is 4.92 Å². The molecule has 6 nitrogen and oxygen atoms in total. The number of thiocarbonyl (C=S) groups is 1. The smallest absolute Gasteiger partial charge is 0.258 e. The fourth-order valence-electron chi connectivity index (χ4n) is 0.600. The number of rotatable bonds is 2. The number of aliphatic imine (C=N–C) groups is 1. The number of hydrogen-bond acceptors (Lipinski definition) is 6. The van der Waals surface area contributed by atoms with Crippen LogP contribution in [0.15, 0.2) is 11.2 Å². The number of nitro groups is 1. The van der Waals surface area contributed by atoms with Gasteiger partial charge in [0.1, 0.15) is 6.20 Å². The van der Waals surface area contributed by atoms with Crippen LogP contribution in [0.4, 0.5) is 11.5 Å². The molecule has 0 aliphatic carbocycles. The first-order chi connectivity index (χ1) is 6.15. The van der Waals surface area contributed by atoms with Crippen molar-refractivity contribution in [2.75, 3.05) is 0 Å². The van der Waals surface area contributed by atoms with Crippen molar-refractivity contribution in [3.8, 4) is 0 Å². The maximum Gasteiger partial charge on any atom is 0.332 e. The van der Waals surface area contributed by atoms with Crippen molar-refractivity contribution in [3.05, 3.63) is 21.6 Å². The summed E-state index contributed by atoms with van der Waals surface area (Å²) < 4.78 is 0. The molecule has 0 radical (unpaired) electrons. The zero-order valence-electron chi connectivity index (χ0n) is 5.97. The number of halogens is 1. The summed E-state index contributed by atoms with van der Waals surface area (Å²) in [5.74, 6) is -0.194. The molecule has 0 aromatic carbocycles. The van der Waals surface area contributed by atoms with Gasteiger partial charge in [-0.05, 0) is 23.8 Å². The van der Waals surface area contributed by atoms with Crippen molar-refractivity contribution in [2.45, 2.75) is 0 Å². The second kappa shape index (κ2) is 3.99. The molecule has 8 heteroatoms. The van der Waals surface area contributed by atoms with Crippen molar-refractivity contribution in [1.29, 1.82) is 0 Å². The summed E-state index contributed by atoms with van der Waals surface area (Å²) in [7, 11) is 0. The highest BCUT2D eigenvalue weighted by Gasteiger charge is 2.15. The predicted octanol–water partition coefficient (Wildman–Crippen LogP) is 1.77. The Morgan fingerprint density at radius 3 is 3.00 bits per heavy atom. The third-order valence-electron chi connectivity index (χ3n) is 1.07. The summed E-state index contributed by atoms with van der Waals surface area (Å²) in [6, 6.07) is 0. The lowest BCUT2D eigenvalue weighted by molar-refractivity contribution is -0.384. The van der Waals surface area contributed by atoms with Gasteiger partial charge >= 0.3 is 5.69 Å². The maximum atomic E-state index is 10.4. The molecule has 0 N–H and O–H groups in total. The molecular formula is C5HClN4O2S. The van der Waals surface area contributed by atoms with Crippen molar-refractivity contribution in [1.82, 2.24) is 9.97 Å². The molecule has 0 atom stereocenters. The zero-order chi connectivity index (χ0) is 9.84. The van der Waals surface area contributed by atoms with E-state index in [4.69, 9.17) is 11.6 Å². The number of isothiocyanates is 1. The minimum absolute atomic E-state index is 0.130. The van der Waals surface area contributed by atoms with Gasteiger partial charge in [0.25, 0.3) is 0 Å². The molecule has 0 amide bonds. The average molecular weight is 217 g/mol. The lowest BCUT2D eigenvalue weighted by Crippen LogP contribution is -1.92. The summed E-state index contributed by atoms with van der Waals surface area (Å²) in [6.07, 6.45) is 0.959. The molecule has 0 fully saturated rings. The van der Waals surface area contributed by atoms with E-state index >= 15 is 0 Å². The number of hydrogen-bond donors (Lipinski definition) is 0. The summed E-state index contributed by atoms with van der Waals surface area (Å²) in [4.78, 5) is 20.0. The van der Waals surface area contributed by atoms with Gasteiger partial charge in [0, 0.05) is 0 Å². The van der Waals surface area contributed by atoms with Crippen molar-refractivity contribution >= 4 is 40.5 Å². The molecule has 0 bridgehead atoms. The van der Waals surface area contributed by atoms with Crippen LogP contribution in [0.25, 0.3) is 0 Å². The van der Waals surface area contributed by atoms with Crippen LogP contribution in [0.3, 0.4) is 0 Å². The molecule has 0 unspecified atom stereocenters. The van der Waals surface area contributed by atoms with Gasteiger partial charge in [0.05, 0.1) is 10.1 Å². The molecule has 0 saturated carbocycles. The first-order valence-corrected chi connectivity index (χ1v) is 3.68. The van der Waals surface area contributed by atoms with Crippen LogP contribution in [-0.2, 0) is 0 Å². The Kier molecular flexibility index (Phi) is 2.97. The third-order valence-corrected chi connectivity index (χ3v) is 1.34. The van der Waals surface area contributed by atoms with Crippen LogP contribution in [0.5, 0.6) is 0 Å². The maximum absolute atomic E-state index is 10.4. The topological polar surface area (TPSA) is 81.3 Å². The second-order valence-electron chi connectivity index (χ2n) is 1.81. The summed E-state index contributed by atoms with van der Waals surface area (Å²) >= 11 is 9.67. The lowest BCUT2D eigenvalue weighted by atomic mass is 10.5. The van der Waals surface area contributed by atoms with E-state index in [-0.39, 0.29) is 16.8 Å². The molecule has 1 heterocycles. The molecule has 0 aliphatic heterocycles. The van der Waals surface area contributed by atoms with Gasteiger partial charge in [-0.3, -0.25) is 10.1 Å². The van der Waals surface area contributed by atoms with Gasteiger partial charge in [0.2, 0.25) is 11.1 Å². The van der Waals surface area contributed by atoms with Gasteiger partial charge in [0.15, 0.2) is 0 Å². The lowest BCUT2D eigenvalue weighted by Gasteiger charge is -1.93. The quantitative estimate of drug-likeness (QED) is 0.247. The van der Waals surface area contributed by atoms with Gasteiger partial charge in [-0.2, -0.15) is 9.98 Å². The van der Waals surface area contributed by atoms with Crippen LogP contribution < -0.4 is 0 Å². The van der Waals surface area contributed by atoms with E-state index in [0.29, 0.717) is 0 Å². The average Bonchev–Trinajstić information content (AvgIpc) is 2.04. The van der Waals surface area contributed by atoms with Crippen LogP contribution in [0.1, 0.15) is 0 Å². The van der Waals surface area contributed by atoms with Gasteiger partial charge < -0.3 is 0 Å². The Balaban J connectivity index is 3.34. The van der Waals surface area contributed by atoms with Crippen molar-refractivity contribution < 1.29 is 4.92 Å². The van der Waals surface area contributed by atoms with E-state index in [0.717, 1.165) is 6.20 Å². The Morgan fingerprint density at radius 2 is 2.46 bits per heavy atom. The highest BCUT2D eigenvalue weighted by molar-refractivity contribution is 7.78. The normalized spacial score (nSPS) is 9.00. The van der Waals surface area contributed by atoms with Gasteiger partial charge in [-0.1, -0.05) is 0 Å². The van der Waals surface area contributed by atoms with Crippen LogP contribution in [0.2, 0.25) is 5.28 Å². The zero-order valence-corrected chi connectivity index (χ0v) is 7.54. The summed E-state index contributed by atoms with van der Waals surface area (Å²) in [5, 5.41) is 12.2. The molecule has 1 aromatic heterocycles.